The van der Waals surface area contributed by atoms with Crippen LogP contribution in [0.1, 0.15) is 47.5 Å². The van der Waals surface area contributed by atoms with Crippen LogP contribution in [0, 0.1) is 17.8 Å². The number of hydrogen-bond donors (Lipinski definition) is 0. The van der Waals surface area contributed by atoms with Crippen LogP contribution in [0.5, 0.6) is 0 Å². The minimum atomic E-state index is 0.229. The van der Waals surface area contributed by atoms with Gasteiger partial charge in [-0.25, -0.2) is 0 Å². The van der Waals surface area contributed by atoms with E-state index in [1.165, 1.54) is 18.4 Å². The lowest BCUT2D eigenvalue weighted by atomic mass is 9.81. The number of hydrogen-bond acceptors (Lipinski definition) is 1. The highest BCUT2D eigenvalue weighted by Crippen LogP contribution is 2.30. The fourth-order valence-corrected chi connectivity index (χ4v) is 1.23. The van der Waals surface area contributed by atoms with Crippen molar-refractivity contribution in [1.82, 2.24) is 0 Å². The largest absolute Gasteiger partial charge is 0.253 e. The van der Waals surface area contributed by atoms with Gasteiger partial charge in [-0.3, -0.25) is 4.99 Å². The highest BCUT2D eigenvalue weighted by atomic mass is 14.7. The van der Waals surface area contributed by atoms with E-state index >= 15 is 0 Å². The molecule has 0 aliphatic rings. The molecule has 14 heavy (non-hydrogen) atoms. The highest BCUT2D eigenvalue weighted by Gasteiger charge is 2.18. The number of allylic oxidation sites excluding steroid dienone is 1. The molecule has 0 fully saturated rings. The summed E-state index contributed by atoms with van der Waals surface area (Å²) in [5.41, 5.74) is 2.25. The van der Waals surface area contributed by atoms with E-state index in [0.717, 1.165) is 5.71 Å². The molecule has 0 bridgehead atoms. The first-order valence-electron chi connectivity index (χ1n) is 5.12. The fraction of sp³-hybridized carbons (Fsp3) is 0.615. The smallest absolute Gasteiger partial charge is 0.0865 e. The van der Waals surface area contributed by atoms with Crippen molar-refractivity contribution in [3.63, 3.8) is 0 Å². The number of terminal acetylenes is 1. The van der Waals surface area contributed by atoms with E-state index in [1.54, 1.807) is 0 Å². The normalized spacial score (nSPS) is 14.0. The Labute approximate surface area is 88.3 Å². The zero-order valence-corrected chi connectivity index (χ0v) is 10.0. The molecule has 0 aromatic carbocycles. The second-order valence-electron chi connectivity index (χ2n) is 4.30. The zero-order chi connectivity index (χ0) is 11.2. The van der Waals surface area contributed by atoms with Gasteiger partial charge < -0.3 is 0 Å². The van der Waals surface area contributed by atoms with Gasteiger partial charge in [0.1, 0.15) is 0 Å². The summed E-state index contributed by atoms with van der Waals surface area (Å²) in [6, 6.07) is 0. The van der Waals surface area contributed by atoms with Crippen LogP contribution in [0.2, 0.25) is 0 Å². The maximum Gasteiger partial charge on any atom is 0.0865 e. The third-order valence-electron chi connectivity index (χ3n) is 2.60. The maximum absolute atomic E-state index is 5.22. The molecule has 0 rings (SSSR count). The van der Waals surface area contributed by atoms with Gasteiger partial charge in [0.05, 0.1) is 5.71 Å². The molecule has 0 saturated heterocycles. The lowest BCUT2D eigenvalue weighted by Crippen LogP contribution is -2.12. The van der Waals surface area contributed by atoms with Gasteiger partial charge in [0.15, 0.2) is 0 Å². The average molecular weight is 191 g/mol. The number of rotatable bonds is 4. The van der Waals surface area contributed by atoms with Crippen LogP contribution >= 0.6 is 0 Å². The van der Waals surface area contributed by atoms with Crippen LogP contribution in [-0.2, 0) is 0 Å². The Hall–Kier alpha value is -1.03. The van der Waals surface area contributed by atoms with E-state index in [9.17, 15) is 0 Å². The summed E-state index contributed by atoms with van der Waals surface area (Å²) in [6.07, 6.45) is 9.48. The minimum Gasteiger partial charge on any atom is -0.253 e. The third kappa shape index (κ3) is 4.28. The maximum atomic E-state index is 5.22. The van der Waals surface area contributed by atoms with Gasteiger partial charge in [0.25, 0.3) is 0 Å². The van der Waals surface area contributed by atoms with Crippen LogP contribution in [-0.4, -0.2) is 5.71 Å². The van der Waals surface area contributed by atoms with Gasteiger partial charge in [0, 0.05) is 6.20 Å². The molecule has 0 aliphatic carbocycles. The van der Waals surface area contributed by atoms with E-state index in [-0.39, 0.29) is 5.41 Å². The zero-order valence-electron chi connectivity index (χ0n) is 10.0. The molecule has 0 unspecified atom stereocenters. The average Bonchev–Trinajstić information content (AvgIpc) is 2.13. The van der Waals surface area contributed by atoms with Crippen molar-refractivity contribution in [3.8, 4) is 12.3 Å². The molecule has 0 heterocycles. The van der Waals surface area contributed by atoms with Crippen molar-refractivity contribution in [3.05, 3.63) is 11.8 Å². The molecule has 0 radical (unpaired) electrons. The van der Waals surface area contributed by atoms with Gasteiger partial charge >= 0.3 is 0 Å². The van der Waals surface area contributed by atoms with E-state index in [4.69, 9.17) is 6.42 Å². The van der Waals surface area contributed by atoms with Gasteiger partial charge in [-0.05, 0) is 31.3 Å². The molecule has 0 aromatic heterocycles. The van der Waals surface area contributed by atoms with E-state index < -0.39 is 0 Å². The molecule has 0 N–H and O–H groups in total. The standard InChI is InChI=1S/C13H21N/c1-7-9-13(5,6)11(3)10-14-12(4)8-2/h2,10H,7,9H2,1,3-6H3/b11-10+,14-12-. The first-order chi connectivity index (χ1) is 6.44. The van der Waals surface area contributed by atoms with Crippen LogP contribution in [0.25, 0.3) is 0 Å². The van der Waals surface area contributed by atoms with Crippen molar-refractivity contribution in [2.24, 2.45) is 10.4 Å². The van der Waals surface area contributed by atoms with Crippen LogP contribution in [0.4, 0.5) is 0 Å². The Morgan fingerprint density at radius 1 is 1.43 bits per heavy atom. The summed E-state index contributed by atoms with van der Waals surface area (Å²) in [7, 11) is 0. The summed E-state index contributed by atoms with van der Waals surface area (Å²) in [6.45, 7) is 10.6. The minimum absolute atomic E-state index is 0.229. The van der Waals surface area contributed by atoms with E-state index in [0.29, 0.717) is 0 Å². The Kier molecular flexibility index (Phi) is 5.23. The molecule has 78 valence electrons. The van der Waals surface area contributed by atoms with Crippen molar-refractivity contribution in [1.29, 1.82) is 0 Å². The molecule has 1 heteroatoms. The lowest BCUT2D eigenvalue weighted by molar-refractivity contribution is 0.402. The Balaban J connectivity index is 4.61. The van der Waals surface area contributed by atoms with Crippen molar-refractivity contribution < 1.29 is 0 Å². The monoisotopic (exact) mass is 191 g/mol. The van der Waals surface area contributed by atoms with Crippen molar-refractivity contribution in [2.75, 3.05) is 0 Å². The van der Waals surface area contributed by atoms with Gasteiger partial charge in [-0.15, -0.1) is 6.42 Å². The van der Waals surface area contributed by atoms with Crippen molar-refractivity contribution >= 4 is 5.71 Å². The SMILES string of the molecule is C#C/C(C)=N\C=C(/C)C(C)(C)CCC. The van der Waals surface area contributed by atoms with E-state index in [2.05, 4.69) is 38.6 Å². The Bertz CT molecular complexity index is 274. The molecular weight excluding hydrogens is 170 g/mol. The van der Waals surface area contributed by atoms with Crippen LogP contribution < -0.4 is 0 Å². The third-order valence-corrected chi connectivity index (χ3v) is 2.60. The summed E-state index contributed by atoms with van der Waals surface area (Å²) in [4.78, 5) is 4.21. The first-order valence-corrected chi connectivity index (χ1v) is 5.12. The summed E-state index contributed by atoms with van der Waals surface area (Å²) >= 11 is 0. The molecular formula is C13H21N. The van der Waals surface area contributed by atoms with Gasteiger partial charge in [-0.1, -0.05) is 33.1 Å². The second-order valence-corrected chi connectivity index (χ2v) is 4.30. The Morgan fingerprint density at radius 2 is 2.00 bits per heavy atom. The summed E-state index contributed by atoms with van der Waals surface area (Å²) in [5.74, 6) is 2.51. The predicted molar refractivity (Wildman–Crippen MR) is 64.4 cm³/mol. The highest BCUT2D eigenvalue weighted by molar-refractivity contribution is 5.98. The molecule has 0 amide bonds. The topological polar surface area (TPSA) is 12.4 Å². The predicted octanol–water partition coefficient (Wildman–Crippen LogP) is 3.81. The molecule has 1 nitrogen and oxygen atoms in total. The summed E-state index contributed by atoms with van der Waals surface area (Å²) in [5, 5.41) is 0. The van der Waals surface area contributed by atoms with Crippen LogP contribution in [0.3, 0.4) is 0 Å². The lowest BCUT2D eigenvalue weighted by Gasteiger charge is -2.24. The quantitative estimate of drug-likeness (QED) is 0.473. The molecule has 0 aromatic rings. The van der Waals surface area contributed by atoms with Crippen LogP contribution in [0.15, 0.2) is 16.8 Å². The van der Waals surface area contributed by atoms with Gasteiger partial charge in [0.2, 0.25) is 0 Å². The molecule has 0 atom stereocenters. The number of nitrogens with zero attached hydrogens (tertiary/aromatic N) is 1. The molecule has 0 spiro atoms. The summed E-state index contributed by atoms with van der Waals surface area (Å²) < 4.78 is 0. The number of aliphatic imine (C=N–C) groups is 1. The fourth-order valence-electron chi connectivity index (χ4n) is 1.23. The molecule has 0 aliphatic heterocycles. The Morgan fingerprint density at radius 3 is 2.43 bits per heavy atom. The van der Waals surface area contributed by atoms with Gasteiger partial charge in [-0.2, -0.15) is 0 Å². The van der Waals surface area contributed by atoms with Crippen molar-refractivity contribution in [2.45, 2.75) is 47.5 Å². The first kappa shape index (κ1) is 13.0. The second kappa shape index (κ2) is 5.65. The van der Waals surface area contributed by atoms with E-state index in [1.807, 2.05) is 13.1 Å². The molecule has 0 saturated carbocycles.